The summed E-state index contributed by atoms with van der Waals surface area (Å²) in [5.74, 6) is -0.470. The van der Waals surface area contributed by atoms with E-state index in [0.29, 0.717) is 15.8 Å². The van der Waals surface area contributed by atoms with Crippen molar-refractivity contribution in [3.63, 3.8) is 0 Å². The number of nitrogens with zero attached hydrogens (tertiary/aromatic N) is 2. The Morgan fingerprint density at radius 2 is 1.94 bits per heavy atom. The van der Waals surface area contributed by atoms with Crippen molar-refractivity contribution in [2.45, 2.75) is 45.4 Å². The van der Waals surface area contributed by atoms with Gasteiger partial charge in [-0.05, 0) is 49.1 Å². The first kappa shape index (κ1) is 26.3. The van der Waals surface area contributed by atoms with Crippen molar-refractivity contribution in [3.05, 3.63) is 71.1 Å². The van der Waals surface area contributed by atoms with Crippen LogP contribution in [-0.2, 0) is 16.1 Å². The minimum atomic E-state index is -1.14. The van der Waals surface area contributed by atoms with Crippen molar-refractivity contribution in [3.8, 4) is 0 Å². The molecule has 10 heteroatoms. The Labute approximate surface area is 208 Å². The lowest BCUT2D eigenvalue weighted by molar-refractivity contribution is -0.138. The average molecular weight is 503 g/mol. The zero-order chi connectivity index (χ0) is 25.6. The van der Waals surface area contributed by atoms with Gasteiger partial charge < -0.3 is 9.84 Å². The van der Waals surface area contributed by atoms with Gasteiger partial charge in [-0.15, -0.1) is 0 Å². The molecular formula is C25H28ClFN4O4. The molecule has 0 aliphatic carbocycles. The van der Waals surface area contributed by atoms with Crippen molar-refractivity contribution in [1.29, 1.82) is 0 Å². The fraction of sp³-hybridized carbons (Fsp3) is 0.320. The first-order valence-electron chi connectivity index (χ1n) is 11.0. The molecule has 0 unspecified atom stereocenters. The Morgan fingerprint density at radius 1 is 1.20 bits per heavy atom. The van der Waals surface area contributed by atoms with Crippen LogP contribution in [0.4, 0.5) is 15.0 Å². The van der Waals surface area contributed by atoms with Crippen molar-refractivity contribution in [1.82, 2.24) is 15.4 Å². The van der Waals surface area contributed by atoms with Gasteiger partial charge in [0, 0.05) is 36.5 Å². The molecule has 0 fully saturated rings. The van der Waals surface area contributed by atoms with E-state index in [1.165, 1.54) is 30.3 Å². The second-order valence-electron chi connectivity index (χ2n) is 8.77. The van der Waals surface area contributed by atoms with Gasteiger partial charge in [-0.25, -0.2) is 19.6 Å². The first-order valence-corrected chi connectivity index (χ1v) is 11.4. The summed E-state index contributed by atoms with van der Waals surface area (Å²) in [5, 5.41) is 16.1. The number of aliphatic hydroxyl groups is 1. The number of hydrogen-bond acceptors (Lipinski definition) is 6. The number of benzene rings is 2. The number of ether oxygens (including phenoxy) is 1. The third kappa shape index (κ3) is 7.88. The summed E-state index contributed by atoms with van der Waals surface area (Å²) in [6.45, 7) is 4.65. The van der Waals surface area contributed by atoms with E-state index in [9.17, 15) is 19.1 Å². The van der Waals surface area contributed by atoms with E-state index in [4.69, 9.17) is 16.3 Å². The Morgan fingerprint density at radius 3 is 2.63 bits per heavy atom. The summed E-state index contributed by atoms with van der Waals surface area (Å²) in [4.78, 5) is 29.0. The second kappa shape index (κ2) is 11.4. The largest absolute Gasteiger partial charge is 0.447 e. The second-order valence-corrected chi connectivity index (χ2v) is 9.18. The molecule has 0 spiro atoms. The van der Waals surface area contributed by atoms with E-state index in [1.807, 2.05) is 12.1 Å². The summed E-state index contributed by atoms with van der Waals surface area (Å²) in [6, 6.07) is 12.4. The molecule has 0 bridgehead atoms. The Hall–Kier alpha value is -3.27. The molecule has 186 valence electrons. The quantitative estimate of drug-likeness (QED) is 0.368. The highest BCUT2D eigenvalue weighted by Gasteiger charge is 2.29. The van der Waals surface area contributed by atoms with Crippen LogP contribution in [0.2, 0.25) is 5.02 Å². The summed E-state index contributed by atoms with van der Waals surface area (Å²) in [5.41, 5.74) is 2.67. The van der Waals surface area contributed by atoms with Gasteiger partial charge in [-0.3, -0.25) is 15.1 Å². The Bertz CT molecular complexity index is 1200. The molecule has 3 rings (SSSR count). The normalized spacial score (nSPS) is 12.3. The summed E-state index contributed by atoms with van der Waals surface area (Å²) < 4.78 is 18.7. The number of aromatic nitrogens is 1. The lowest BCUT2D eigenvalue weighted by atomic mass is 9.99. The predicted octanol–water partition coefficient (Wildman–Crippen LogP) is 4.66. The molecule has 0 saturated heterocycles. The van der Waals surface area contributed by atoms with Crippen LogP contribution in [0.15, 0.2) is 54.7 Å². The van der Waals surface area contributed by atoms with E-state index in [1.54, 1.807) is 38.1 Å². The summed E-state index contributed by atoms with van der Waals surface area (Å²) in [7, 11) is 0. The number of halogens is 2. The molecule has 0 aliphatic heterocycles. The van der Waals surface area contributed by atoms with Crippen molar-refractivity contribution in [2.24, 2.45) is 0 Å². The highest BCUT2D eigenvalue weighted by atomic mass is 35.5. The van der Waals surface area contributed by atoms with Gasteiger partial charge in [0.1, 0.15) is 18.2 Å². The van der Waals surface area contributed by atoms with Crippen molar-refractivity contribution in [2.75, 3.05) is 11.9 Å². The molecule has 35 heavy (non-hydrogen) atoms. The SMILES string of the molecule is CC(=O)N(NCc1ccccc1Cl)[C@H](COC(=O)Nc1cc2ccc(F)cc2cn1)CC(C)(C)O. The lowest BCUT2D eigenvalue weighted by Gasteiger charge is -2.34. The van der Waals surface area contributed by atoms with Gasteiger partial charge in [0.05, 0.1) is 11.6 Å². The Kier molecular flexibility index (Phi) is 8.61. The van der Waals surface area contributed by atoms with Crippen LogP contribution in [0, 0.1) is 5.82 Å². The number of hydrogen-bond donors (Lipinski definition) is 3. The van der Waals surface area contributed by atoms with Crippen molar-refractivity contribution >= 4 is 40.2 Å². The monoisotopic (exact) mass is 502 g/mol. The predicted molar refractivity (Wildman–Crippen MR) is 132 cm³/mol. The maximum absolute atomic E-state index is 13.4. The molecule has 8 nitrogen and oxygen atoms in total. The number of anilines is 1. The molecule has 0 aliphatic rings. The highest BCUT2D eigenvalue weighted by Crippen LogP contribution is 2.20. The molecule has 3 N–H and O–H groups in total. The topological polar surface area (TPSA) is 104 Å². The molecule has 1 aromatic heterocycles. The molecule has 2 aromatic carbocycles. The minimum Gasteiger partial charge on any atom is -0.447 e. The number of fused-ring (bicyclic) bond motifs is 1. The number of hydrazine groups is 1. The molecule has 1 atom stereocenters. The van der Waals surface area contributed by atoms with Crippen LogP contribution in [0.25, 0.3) is 10.8 Å². The fourth-order valence-corrected chi connectivity index (χ4v) is 3.81. The van der Waals surface area contributed by atoms with E-state index in [-0.39, 0.29) is 37.1 Å². The third-order valence-corrected chi connectivity index (χ3v) is 5.53. The Balaban J connectivity index is 1.68. The van der Waals surface area contributed by atoms with Gasteiger partial charge in [0.15, 0.2) is 0 Å². The van der Waals surface area contributed by atoms with E-state index >= 15 is 0 Å². The van der Waals surface area contributed by atoms with Crippen LogP contribution >= 0.6 is 11.6 Å². The van der Waals surface area contributed by atoms with Crippen LogP contribution in [0.1, 0.15) is 32.8 Å². The average Bonchev–Trinajstić information content (AvgIpc) is 2.77. The van der Waals surface area contributed by atoms with Gasteiger partial charge in [0.2, 0.25) is 5.91 Å². The summed E-state index contributed by atoms with van der Waals surface area (Å²) >= 11 is 6.21. The fourth-order valence-electron chi connectivity index (χ4n) is 3.60. The molecular weight excluding hydrogens is 475 g/mol. The molecule has 0 saturated carbocycles. The molecule has 3 aromatic rings. The first-order chi connectivity index (χ1) is 16.5. The highest BCUT2D eigenvalue weighted by molar-refractivity contribution is 6.31. The number of carbonyl (C=O) groups is 2. The van der Waals surface area contributed by atoms with Gasteiger partial charge in [-0.2, -0.15) is 0 Å². The number of pyridine rings is 1. The third-order valence-electron chi connectivity index (χ3n) is 5.16. The van der Waals surface area contributed by atoms with Gasteiger partial charge in [-0.1, -0.05) is 35.9 Å². The van der Waals surface area contributed by atoms with Crippen LogP contribution in [0.5, 0.6) is 0 Å². The number of nitrogens with one attached hydrogen (secondary N) is 2. The number of carbonyl (C=O) groups excluding carboxylic acids is 2. The molecule has 2 amide bonds. The van der Waals surface area contributed by atoms with Crippen LogP contribution in [-0.4, -0.2) is 45.3 Å². The zero-order valence-electron chi connectivity index (χ0n) is 19.7. The number of amides is 2. The van der Waals surface area contributed by atoms with E-state index < -0.39 is 17.7 Å². The van der Waals surface area contributed by atoms with Gasteiger partial charge >= 0.3 is 6.09 Å². The van der Waals surface area contributed by atoms with E-state index in [2.05, 4.69) is 15.7 Å². The standard InChI is InChI=1S/C25H28ClFN4O4/c1-16(32)31(29-14-18-6-4-5-7-22(18)26)21(12-25(2,3)34)15-35-24(33)30-23-11-17-8-9-20(27)10-19(17)13-28-23/h4-11,13,21,29,34H,12,14-15H2,1-3H3,(H,28,30,33)/t21-/m0/s1. The maximum Gasteiger partial charge on any atom is 0.412 e. The smallest absolute Gasteiger partial charge is 0.412 e. The summed E-state index contributed by atoms with van der Waals surface area (Å²) in [6.07, 6.45) is 0.797. The minimum absolute atomic E-state index is 0.134. The van der Waals surface area contributed by atoms with Crippen molar-refractivity contribution < 1.29 is 23.8 Å². The van der Waals surface area contributed by atoms with Crippen LogP contribution in [0.3, 0.4) is 0 Å². The lowest BCUT2D eigenvalue weighted by Crippen LogP contribution is -2.52. The van der Waals surface area contributed by atoms with Crippen LogP contribution < -0.4 is 10.7 Å². The zero-order valence-corrected chi connectivity index (χ0v) is 20.5. The molecule has 1 heterocycles. The number of rotatable bonds is 9. The molecule has 0 radical (unpaired) electrons. The maximum atomic E-state index is 13.4. The van der Waals surface area contributed by atoms with Gasteiger partial charge in [0.25, 0.3) is 0 Å². The van der Waals surface area contributed by atoms with E-state index in [0.717, 1.165) is 5.56 Å².